The molecule has 2 heterocycles. The number of nitrogens with one attached hydrogen (secondary N) is 1. The predicted octanol–water partition coefficient (Wildman–Crippen LogP) is 3.70. The Hall–Kier alpha value is -2.80. The van der Waals surface area contributed by atoms with Crippen LogP contribution in [-0.2, 0) is 11.3 Å². The molecule has 1 unspecified atom stereocenters. The van der Waals surface area contributed by atoms with Gasteiger partial charge in [0.2, 0.25) is 5.91 Å². The van der Waals surface area contributed by atoms with E-state index < -0.39 is 0 Å². The zero-order valence-corrected chi connectivity index (χ0v) is 16.5. The summed E-state index contributed by atoms with van der Waals surface area (Å²) in [5, 5.41) is 12.5. The van der Waals surface area contributed by atoms with Gasteiger partial charge in [0.1, 0.15) is 5.75 Å². The summed E-state index contributed by atoms with van der Waals surface area (Å²) < 4.78 is 7.70. The van der Waals surface area contributed by atoms with E-state index in [2.05, 4.69) is 22.4 Å². The number of rotatable bonds is 6. The number of aromatic nitrogens is 3. The lowest BCUT2D eigenvalue weighted by atomic mass is 10.0. The van der Waals surface area contributed by atoms with Crippen molar-refractivity contribution < 1.29 is 9.53 Å². The zero-order valence-electron chi connectivity index (χ0n) is 15.7. The Morgan fingerprint density at radius 2 is 1.96 bits per heavy atom. The third-order valence-corrected chi connectivity index (χ3v) is 5.66. The highest BCUT2D eigenvalue weighted by Gasteiger charge is 2.23. The molecule has 0 saturated heterocycles. The van der Waals surface area contributed by atoms with Crippen molar-refractivity contribution in [3.63, 3.8) is 0 Å². The molecule has 7 heteroatoms. The number of fused-ring (bicyclic) bond motifs is 1. The molecular formula is C21H22N4O2S. The molecule has 1 aliphatic heterocycles. The summed E-state index contributed by atoms with van der Waals surface area (Å²) in [5.41, 5.74) is 2.06. The van der Waals surface area contributed by atoms with Gasteiger partial charge in [-0.3, -0.25) is 4.79 Å². The van der Waals surface area contributed by atoms with Gasteiger partial charge in [0, 0.05) is 24.1 Å². The van der Waals surface area contributed by atoms with Crippen LogP contribution >= 0.6 is 11.8 Å². The highest BCUT2D eigenvalue weighted by atomic mass is 32.2. The maximum atomic E-state index is 12.5. The number of hydrogen-bond donors (Lipinski definition) is 1. The van der Waals surface area contributed by atoms with Gasteiger partial charge in [-0.15, -0.1) is 10.2 Å². The van der Waals surface area contributed by atoms with Gasteiger partial charge in [-0.2, -0.15) is 0 Å². The molecule has 1 atom stereocenters. The van der Waals surface area contributed by atoms with E-state index in [1.54, 1.807) is 0 Å². The van der Waals surface area contributed by atoms with E-state index in [1.165, 1.54) is 11.8 Å². The van der Waals surface area contributed by atoms with E-state index in [1.807, 2.05) is 59.2 Å². The van der Waals surface area contributed by atoms with Gasteiger partial charge in [0.25, 0.3) is 0 Å². The van der Waals surface area contributed by atoms with Crippen LogP contribution in [0.4, 0.5) is 0 Å². The highest BCUT2D eigenvalue weighted by molar-refractivity contribution is 7.99. The number of nitrogens with zero attached hydrogens (tertiary/aromatic N) is 3. The Labute approximate surface area is 168 Å². The van der Waals surface area contributed by atoms with Gasteiger partial charge in [0.15, 0.2) is 11.0 Å². The fourth-order valence-corrected chi connectivity index (χ4v) is 4.15. The van der Waals surface area contributed by atoms with Crippen molar-refractivity contribution >= 4 is 17.7 Å². The van der Waals surface area contributed by atoms with Gasteiger partial charge < -0.3 is 14.6 Å². The highest BCUT2D eigenvalue weighted by Crippen LogP contribution is 2.31. The number of amides is 1. The third-order valence-electron chi connectivity index (χ3n) is 4.69. The maximum Gasteiger partial charge on any atom is 0.230 e. The molecule has 1 N–H and O–H groups in total. The smallest absolute Gasteiger partial charge is 0.230 e. The van der Waals surface area contributed by atoms with Gasteiger partial charge >= 0.3 is 0 Å². The summed E-state index contributed by atoms with van der Waals surface area (Å²) in [6.07, 6.45) is 0.775. The van der Waals surface area contributed by atoms with Gasteiger partial charge in [-0.25, -0.2) is 0 Å². The second kappa shape index (κ2) is 8.48. The van der Waals surface area contributed by atoms with Crippen molar-refractivity contribution in [3.05, 3.63) is 60.2 Å². The first-order valence-corrected chi connectivity index (χ1v) is 10.4. The molecule has 144 valence electrons. The summed E-state index contributed by atoms with van der Waals surface area (Å²) in [6, 6.07) is 17.8. The number of para-hydroxylation sites is 1. The molecule has 0 bridgehead atoms. The molecule has 1 aromatic heterocycles. The first-order valence-electron chi connectivity index (χ1n) is 9.38. The summed E-state index contributed by atoms with van der Waals surface area (Å²) >= 11 is 1.41. The number of benzene rings is 2. The number of ether oxygens (including phenoxy) is 1. The molecule has 28 heavy (non-hydrogen) atoms. The van der Waals surface area contributed by atoms with Crippen molar-refractivity contribution in [1.82, 2.24) is 20.1 Å². The summed E-state index contributed by atoms with van der Waals surface area (Å²) in [4.78, 5) is 12.5. The predicted molar refractivity (Wildman–Crippen MR) is 109 cm³/mol. The molecule has 0 saturated carbocycles. The monoisotopic (exact) mass is 394 g/mol. The van der Waals surface area contributed by atoms with Crippen molar-refractivity contribution in [3.8, 4) is 17.1 Å². The summed E-state index contributed by atoms with van der Waals surface area (Å²) in [6.45, 7) is 3.41. The van der Waals surface area contributed by atoms with Crippen LogP contribution in [0.1, 0.15) is 24.9 Å². The van der Waals surface area contributed by atoms with Crippen molar-refractivity contribution in [2.24, 2.45) is 0 Å². The Morgan fingerprint density at radius 1 is 1.18 bits per heavy atom. The Balaban J connectivity index is 1.41. The largest absolute Gasteiger partial charge is 0.493 e. The fourth-order valence-electron chi connectivity index (χ4n) is 3.34. The zero-order chi connectivity index (χ0) is 19.3. The number of thioether (sulfide) groups is 1. The average molecular weight is 395 g/mol. The van der Waals surface area contributed by atoms with Crippen molar-refractivity contribution in [2.75, 3.05) is 12.4 Å². The molecule has 0 aliphatic carbocycles. The van der Waals surface area contributed by atoms with E-state index in [0.29, 0.717) is 12.4 Å². The molecule has 3 aromatic rings. The van der Waals surface area contributed by atoms with E-state index in [9.17, 15) is 4.79 Å². The van der Waals surface area contributed by atoms with Crippen molar-refractivity contribution in [2.45, 2.75) is 31.1 Å². The standard InChI is InChI=1S/C21H22N4O2S/c1-2-25-20(15-8-4-3-5-9-15)23-24-21(25)28-14-19(26)22-17-12-13-27-18-11-7-6-10-16(17)18/h3-11,17H,2,12-14H2,1H3,(H,22,26). The first kappa shape index (κ1) is 18.6. The van der Waals surface area contributed by atoms with E-state index in [4.69, 9.17) is 4.74 Å². The molecule has 0 spiro atoms. The lowest BCUT2D eigenvalue weighted by molar-refractivity contribution is -0.119. The molecule has 1 amide bonds. The van der Waals surface area contributed by atoms with Crippen molar-refractivity contribution in [1.29, 1.82) is 0 Å². The van der Waals surface area contributed by atoms with E-state index in [0.717, 1.165) is 40.8 Å². The number of carbonyl (C=O) groups excluding carboxylic acids is 1. The molecule has 6 nitrogen and oxygen atoms in total. The van der Waals surface area contributed by atoms with Crippen LogP contribution in [0.15, 0.2) is 59.8 Å². The second-order valence-corrected chi connectivity index (χ2v) is 7.44. The molecular weight excluding hydrogens is 372 g/mol. The third kappa shape index (κ3) is 3.89. The Bertz CT molecular complexity index is 958. The quantitative estimate of drug-likeness (QED) is 0.646. The minimum absolute atomic E-state index is 0.0121. The lowest BCUT2D eigenvalue weighted by Crippen LogP contribution is -2.33. The van der Waals surface area contributed by atoms with Crippen LogP contribution in [0.5, 0.6) is 5.75 Å². The van der Waals surface area contributed by atoms with Gasteiger partial charge in [0.05, 0.1) is 18.4 Å². The van der Waals surface area contributed by atoms with Crippen LogP contribution in [0, 0.1) is 0 Å². The fraction of sp³-hybridized carbons (Fsp3) is 0.286. The molecule has 0 radical (unpaired) electrons. The summed E-state index contributed by atoms with van der Waals surface area (Å²) in [7, 11) is 0. The normalized spacial score (nSPS) is 15.5. The number of carbonyl (C=O) groups is 1. The Kier molecular flexibility index (Phi) is 5.62. The topological polar surface area (TPSA) is 69.0 Å². The minimum Gasteiger partial charge on any atom is -0.493 e. The Morgan fingerprint density at radius 3 is 2.79 bits per heavy atom. The average Bonchev–Trinajstić information content (AvgIpc) is 3.16. The van der Waals surface area contributed by atoms with Crippen LogP contribution < -0.4 is 10.1 Å². The van der Waals surface area contributed by atoms with E-state index in [-0.39, 0.29) is 11.9 Å². The molecule has 4 rings (SSSR count). The minimum atomic E-state index is -0.0152. The first-order chi connectivity index (χ1) is 13.8. The molecule has 2 aromatic carbocycles. The van der Waals surface area contributed by atoms with Crippen LogP contribution in [-0.4, -0.2) is 33.0 Å². The van der Waals surface area contributed by atoms with E-state index >= 15 is 0 Å². The number of hydrogen-bond acceptors (Lipinski definition) is 5. The van der Waals surface area contributed by atoms with Gasteiger partial charge in [-0.05, 0) is 13.0 Å². The van der Waals surface area contributed by atoms with Gasteiger partial charge in [-0.1, -0.05) is 60.3 Å². The second-order valence-electron chi connectivity index (χ2n) is 6.50. The van der Waals surface area contributed by atoms with Crippen LogP contribution in [0.25, 0.3) is 11.4 Å². The van der Waals surface area contributed by atoms with Crippen LogP contribution in [0.2, 0.25) is 0 Å². The maximum absolute atomic E-state index is 12.5. The molecule has 0 fully saturated rings. The summed E-state index contributed by atoms with van der Waals surface area (Å²) in [5.74, 6) is 1.96. The molecule has 1 aliphatic rings. The lowest BCUT2D eigenvalue weighted by Gasteiger charge is -2.26. The SMILES string of the molecule is CCn1c(SCC(=O)NC2CCOc3ccccc32)nnc1-c1ccccc1. The van der Waals surface area contributed by atoms with Crippen LogP contribution in [0.3, 0.4) is 0 Å².